The maximum absolute atomic E-state index is 6.24. The number of nitrogens with zero attached hydrogens (tertiary/aromatic N) is 1. The second-order valence-electron chi connectivity index (χ2n) is 5.20. The van der Waals surface area contributed by atoms with E-state index in [0.717, 1.165) is 56.1 Å². The lowest BCUT2D eigenvalue weighted by molar-refractivity contribution is 0.0441. The first-order valence-electron chi connectivity index (χ1n) is 7.64. The van der Waals surface area contributed by atoms with Gasteiger partial charge < -0.3 is 20.1 Å². The van der Waals surface area contributed by atoms with Gasteiger partial charge in [0.1, 0.15) is 5.75 Å². The van der Waals surface area contributed by atoms with Crippen molar-refractivity contribution in [3.05, 3.63) is 18.2 Å². The standard InChI is InChI=1S/C16H26N2O2/c1-3-11-20-13-7-6-10-18(12-13)14-8-5-9-15(16(14)17)19-4-2/h5,8-9,13H,3-4,6-7,10-12,17H2,1-2H3. The molecule has 1 aliphatic rings. The van der Waals surface area contributed by atoms with Gasteiger partial charge in [-0.3, -0.25) is 0 Å². The van der Waals surface area contributed by atoms with Crippen LogP contribution in [0.3, 0.4) is 0 Å². The average molecular weight is 278 g/mol. The van der Waals surface area contributed by atoms with Crippen LogP contribution in [-0.4, -0.2) is 32.4 Å². The summed E-state index contributed by atoms with van der Waals surface area (Å²) < 4.78 is 11.5. The van der Waals surface area contributed by atoms with E-state index in [1.54, 1.807) is 0 Å². The summed E-state index contributed by atoms with van der Waals surface area (Å²) in [5.41, 5.74) is 8.05. The molecule has 1 saturated heterocycles. The van der Waals surface area contributed by atoms with E-state index in [1.807, 2.05) is 19.1 Å². The molecule has 1 aromatic rings. The number of nitrogens with two attached hydrogens (primary N) is 1. The minimum Gasteiger partial charge on any atom is -0.492 e. The van der Waals surface area contributed by atoms with E-state index in [2.05, 4.69) is 17.9 Å². The van der Waals surface area contributed by atoms with Crippen LogP contribution in [0.2, 0.25) is 0 Å². The zero-order valence-electron chi connectivity index (χ0n) is 12.6. The van der Waals surface area contributed by atoms with Crippen molar-refractivity contribution < 1.29 is 9.47 Å². The molecule has 0 amide bonds. The van der Waals surface area contributed by atoms with Crippen molar-refractivity contribution in [2.45, 2.75) is 39.2 Å². The summed E-state index contributed by atoms with van der Waals surface area (Å²) >= 11 is 0. The molecule has 1 atom stereocenters. The van der Waals surface area contributed by atoms with Crippen molar-refractivity contribution in [3.63, 3.8) is 0 Å². The van der Waals surface area contributed by atoms with Gasteiger partial charge in [0, 0.05) is 19.7 Å². The van der Waals surface area contributed by atoms with E-state index >= 15 is 0 Å². The normalized spacial score (nSPS) is 19.1. The van der Waals surface area contributed by atoms with Crippen LogP contribution in [0.1, 0.15) is 33.1 Å². The molecule has 2 rings (SSSR count). The Morgan fingerprint density at radius 2 is 2.20 bits per heavy atom. The van der Waals surface area contributed by atoms with Crippen LogP contribution in [0, 0.1) is 0 Å². The third-order valence-corrected chi connectivity index (χ3v) is 3.62. The molecule has 4 heteroatoms. The lowest BCUT2D eigenvalue weighted by Gasteiger charge is -2.35. The molecule has 0 bridgehead atoms. The minimum atomic E-state index is 0.318. The first kappa shape index (κ1) is 15.0. The lowest BCUT2D eigenvalue weighted by Crippen LogP contribution is -2.40. The van der Waals surface area contributed by atoms with Gasteiger partial charge in [0.2, 0.25) is 0 Å². The van der Waals surface area contributed by atoms with Crippen molar-refractivity contribution in [1.29, 1.82) is 0 Å². The number of para-hydroxylation sites is 1. The van der Waals surface area contributed by atoms with Crippen LogP contribution >= 0.6 is 0 Å². The summed E-state index contributed by atoms with van der Waals surface area (Å²) in [6.07, 6.45) is 3.67. The van der Waals surface area contributed by atoms with Crippen molar-refractivity contribution in [2.24, 2.45) is 0 Å². The Bertz CT molecular complexity index is 423. The number of hydrogen-bond acceptors (Lipinski definition) is 4. The number of benzene rings is 1. The highest BCUT2D eigenvalue weighted by molar-refractivity contribution is 5.74. The SMILES string of the molecule is CCCOC1CCCN(c2cccc(OCC)c2N)C1. The molecule has 0 radical (unpaired) electrons. The van der Waals surface area contributed by atoms with Gasteiger partial charge in [0.15, 0.2) is 0 Å². The van der Waals surface area contributed by atoms with Crippen LogP contribution in [0.25, 0.3) is 0 Å². The van der Waals surface area contributed by atoms with Crippen LogP contribution < -0.4 is 15.4 Å². The topological polar surface area (TPSA) is 47.7 Å². The van der Waals surface area contributed by atoms with Crippen molar-refractivity contribution in [1.82, 2.24) is 0 Å². The molecule has 0 spiro atoms. The summed E-state index contributed by atoms with van der Waals surface area (Å²) in [6, 6.07) is 6.00. The second-order valence-corrected chi connectivity index (χ2v) is 5.20. The monoisotopic (exact) mass is 278 g/mol. The quantitative estimate of drug-likeness (QED) is 0.812. The Morgan fingerprint density at radius 3 is 2.95 bits per heavy atom. The van der Waals surface area contributed by atoms with Crippen molar-refractivity contribution in [2.75, 3.05) is 36.9 Å². The molecule has 20 heavy (non-hydrogen) atoms. The van der Waals surface area contributed by atoms with Crippen molar-refractivity contribution >= 4 is 11.4 Å². The molecule has 1 heterocycles. The molecule has 0 aromatic heterocycles. The molecular weight excluding hydrogens is 252 g/mol. The number of hydrogen-bond donors (Lipinski definition) is 1. The molecule has 2 N–H and O–H groups in total. The first-order chi connectivity index (χ1) is 9.76. The van der Waals surface area contributed by atoms with E-state index in [-0.39, 0.29) is 0 Å². The highest BCUT2D eigenvalue weighted by Crippen LogP contribution is 2.34. The fourth-order valence-electron chi connectivity index (χ4n) is 2.67. The van der Waals surface area contributed by atoms with Crippen LogP contribution in [0.15, 0.2) is 18.2 Å². The van der Waals surface area contributed by atoms with Gasteiger partial charge in [-0.25, -0.2) is 0 Å². The van der Waals surface area contributed by atoms with Gasteiger partial charge in [0.05, 0.1) is 24.1 Å². The smallest absolute Gasteiger partial charge is 0.144 e. The van der Waals surface area contributed by atoms with E-state index in [9.17, 15) is 0 Å². The molecule has 1 aliphatic heterocycles. The third-order valence-electron chi connectivity index (χ3n) is 3.62. The Labute approximate surface area is 121 Å². The van der Waals surface area contributed by atoms with Crippen LogP contribution in [0.5, 0.6) is 5.75 Å². The van der Waals surface area contributed by atoms with Crippen LogP contribution in [0.4, 0.5) is 11.4 Å². The van der Waals surface area contributed by atoms with Crippen molar-refractivity contribution in [3.8, 4) is 5.75 Å². The van der Waals surface area contributed by atoms with Gasteiger partial charge in [-0.15, -0.1) is 0 Å². The predicted molar refractivity (Wildman–Crippen MR) is 83.5 cm³/mol. The summed E-state index contributed by atoms with van der Waals surface area (Å²) in [7, 11) is 0. The van der Waals surface area contributed by atoms with Crippen LogP contribution in [-0.2, 0) is 4.74 Å². The fraction of sp³-hybridized carbons (Fsp3) is 0.625. The molecule has 4 nitrogen and oxygen atoms in total. The van der Waals surface area contributed by atoms with Gasteiger partial charge in [-0.05, 0) is 38.3 Å². The largest absolute Gasteiger partial charge is 0.492 e. The molecule has 1 aromatic carbocycles. The molecule has 1 fully saturated rings. The Hall–Kier alpha value is -1.42. The van der Waals surface area contributed by atoms with E-state index in [0.29, 0.717) is 12.7 Å². The number of anilines is 2. The highest BCUT2D eigenvalue weighted by Gasteiger charge is 2.22. The number of ether oxygens (including phenoxy) is 2. The predicted octanol–water partition coefficient (Wildman–Crippen LogP) is 3.06. The van der Waals surface area contributed by atoms with E-state index < -0.39 is 0 Å². The third kappa shape index (κ3) is 3.57. The van der Waals surface area contributed by atoms with Gasteiger partial charge in [-0.1, -0.05) is 13.0 Å². The molecule has 0 saturated carbocycles. The summed E-state index contributed by atoms with van der Waals surface area (Å²) in [5.74, 6) is 0.779. The van der Waals surface area contributed by atoms with Gasteiger partial charge in [-0.2, -0.15) is 0 Å². The highest BCUT2D eigenvalue weighted by atomic mass is 16.5. The maximum Gasteiger partial charge on any atom is 0.144 e. The average Bonchev–Trinajstić information content (AvgIpc) is 2.48. The molecular formula is C16H26N2O2. The second kappa shape index (κ2) is 7.39. The fourth-order valence-corrected chi connectivity index (χ4v) is 2.67. The Balaban J connectivity index is 2.08. The molecule has 112 valence electrons. The Morgan fingerprint density at radius 1 is 1.35 bits per heavy atom. The summed E-state index contributed by atoms with van der Waals surface area (Å²) in [5, 5.41) is 0. The number of nitrogen functional groups attached to an aromatic ring is 1. The minimum absolute atomic E-state index is 0.318. The Kier molecular flexibility index (Phi) is 5.53. The van der Waals surface area contributed by atoms with E-state index in [4.69, 9.17) is 15.2 Å². The number of piperidine rings is 1. The summed E-state index contributed by atoms with van der Waals surface area (Å²) in [4.78, 5) is 2.32. The lowest BCUT2D eigenvalue weighted by atomic mass is 10.1. The maximum atomic E-state index is 6.24. The molecule has 1 unspecified atom stereocenters. The zero-order valence-corrected chi connectivity index (χ0v) is 12.6. The molecule has 0 aliphatic carbocycles. The zero-order chi connectivity index (χ0) is 14.4. The van der Waals surface area contributed by atoms with Gasteiger partial charge in [0.25, 0.3) is 0 Å². The number of rotatable bonds is 6. The van der Waals surface area contributed by atoms with E-state index in [1.165, 1.54) is 0 Å². The van der Waals surface area contributed by atoms with Gasteiger partial charge >= 0.3 is 0 Å². The first-order valence-corrected chi connectivity index (χ1v) is 7.64. The summed E-state index contributed by atoms with van der Waals surface area (Å²) in [6.45, 7) is 7.54.